The van der Waals surface area contributed by atoms with Crippen molar-refractivity contribution in [3.8, 4) is 5.75 Å². The Morgan fingerprint density at radius 2 is 1.95 bits per heavy atom. The maximum atomic E-state index is 12.7. The molecule has 0 unspecified atom stereocenters. The molecule has 0 radical (unpaired) electrons. The first-order chi connectivity index (χ1) is 10.5. The van der Waals surface area contributed by atoms with Crippen LogP contribution in [0.3, 0.4) is 0 Å². The quantitative estimate of drug-likeness (QED) is 0.943. The van der Waals surface area contributed by atoms with E-state index in [9.17, 15) is 8.42 Å². The molecule has 3 rings (SSSR count). The van der Waals surface area contributed by atoms with Gasteiger partial charge in [-0.3, -0.25) is 0 Å². The number of hydrogen-bond donors (Lipinski definition) is 1. The van der Waals surface area contributed by atoms with Crippen molar-refractivity contribution in [2.75, 3.05) is 7.11 Å². The molecule has 1 N–H and O–H groups in total. The molecule has 2 aromatic rings. The van der Waals surface area contributed by atoms with Crippen LogP contribution in [0.4, 0.5) is 0 Å². The summed E-state index contributed by atoms with van der Waals surface area (Å²) in [6, 6.07) is 13.0. The number of sulfonamides is 1. The number of benzene rings is 2. The fourth-order valence-corrected chi connectivity index (χ4v) is 4.43. The molecule has 0 bridgehead atoms. The van der Waals surface area contributed by atoms with Gasteiger partial charge in [-0.15, -0.1) is 0 Å². The van der Waals surface area contributed by atoms with Gasteiger partial charge in [-0.2, -0.15) is 0 Å². The number of methoxy groups -OCH3 is 1. The number of hydrogen-bond acceptors (Lipinski definition) is 3. The van der Waals surface area contributed by atoms with Crippen molar-refractivity contribution >= 4 is 10.0 Å². The average Bonchev–Trinajstić information content (AvgIpc) is 2.90. The minimum Gasteiger partial charge on any atom is -0.495 e. The Labute approximate surface area is 131 Å². The second-order valence-electron chi connectivity index (χ2n) is 5.57. The van der Waals surface area contributed by atoms with Gasteiger partial charge in [0.15, 0.2) is 0 Å². The number of rotatable bonds is 4. The Morgan fingerprint density at radius 3 is 2.73 bits per heavy atom. The van der Waals surface area contributed by atoms with Crippen molar-refractivity contribution < 1.29 is 13.2 Å². The average molecular weight is 317 g/mol. The molecule has 1 atom stereocenters. The SMILES string of the molecule is COc1ccc(C)cc1S(=O)(=O)N[C@@H]1CCc2ccccc21. The van der Waals surface area contributed by atoms with Crippen LogP contribution in [0.15, 0.2) is 47.4 Å². The summed E-state index contributed by atoms with van der Waals surface area (Å²) in [6.45, 7) is 1.86. The molecule has 0 fully saturated rings. The predicted molar refractivity (Wildman–Crippen MR) is 85.6 cm³/mol. The molecular weight excluding hydrogens is 298 g/mol. The van der Waals surface area contributed by atoms with Crippen molar-refractivity contribution in [1.82, 2.24) is 4.72 Å². The second kappa shape index (κ2) is 5.74. The van der Waals surface area contributed by atoms with Gasteiger partial charge in [0.1, 0.15) is 10.6 Å². The van der Waals surface area contributed by atoms with Crippen molar-refractivity contribution in [3.63, 3.8) is 0 Å². The number of aryl methyl sites for hydroxylation is 2. The highest BCUT2D eigenvalue weighted by Crippen LogP contribution is 2.33. The first-order valence-corrected chi connectivity index (χ1v) is 8.74. The molecule has 0 saturated heterocycles. The van der Waals surface area contributed by atoms with Gasteiger partial charge in [-0.25, -0.2) is 13.1 Å². The molecular formula is C17H19NO3S. The van der Waals surface area contributed by atoms with Crippen LogP contribution in [-0.2, 0) is 16.4 Å². The molecule has 2 aromatic carbocycles. The third kappa shape index (κ3) is 2.74. The zero-order valence-corrected chi connectivity index (χ0v) is 13.5. The van der Waals surface area contributed by atoms with Crippen LogP contribution >= 0.6 is 0 Å². The van der Waals surface area contributed by atoms with Crippen molar-refractivity contribution in [2.45, 2.75) is 30.7 Å². The first kappa shape index (κ1) is 15.1. The van der Waals surface area contributed by atoms with Crippen molar-refractivity contribution in [1.29, 1.82) is 0 Å². The highest BCUT2D eigenvalue weighted by Gasteiger charge is 2.28. The Hall–Kier alpha value is -1.85. The zero-order chi connectivity index (χ0) is 15.7. The van der Waals surface area contributed by atoms with Crippen molar-refractivity contribution in [3.05, 3.63) is 59.2 Å². The molecule has 5 heteroatoms. The number of fused-ring (bicyclic) bond motifs is 1. The first-order valence-electron chi connectivity index (χ1n) is 7.26. The fourth-order valence-electron chi connectivity index (χ4n) is 2.92. The van der Waals surface area contributed by atoms with Gasteiger partial charge in [-0.1, -0.05) is 30.3 Å². The highest BCUT2D eigenvalue weighted by molar-refractivity contribution is 7.89. The largest absolute Gasteiger partial charge is 0.495 e. The Bertz CT molecular complexity index is 799. The number of nitrogens with one attached hydrogen (secondary N) is 1. The van der Waals surface area contributed by atoms with Crippen LogP contribution in [0.1, 0.15) is 29.2 Å². The minimum absolute atomic E-state index is 0.175. The minimum atomic E-state index is -3.63. The highest BCUT2D eigenvalue weighted by atomic mass is 32.2. The lowest BCUT2D eigenvalue weighted by Gasteiger charge is -2.16. The molecule has 0 aliphatic heterocycles. The van der Waals surface area contributed by atoms with Gasteiger partial charge in [0.05, 0.1) is 7.11 Å². The summed E-state index contributed by atoms with van der Waals surface area (Å²) in [6.07, 6.45) is 1.68. The maximum Gasteiger partial charge on any atom is 0.244 e. The molecule has 0 amide bonds. The Balaban J connectivity index is 1.94. The lowest BCUT2D eigenvalue weighted by molar-refractivity contribution is 0.402. The van der Waals surface area contributed by atoms with E-state index in [1.54, 1.807) is 12.1 Å². The summed E-state index contributed by atoms with van der Waals surface area (Å²) in [5.74, 6) is 0.365. The van der Waals surface area contributed by atoms with Crippen LogP contribution in [0.25, 0.3) is 0 Å². The van der Waals surface area contributed by atoms with E-state index in [1.807, 2.05) is 31.2 Å². The van der Waals surface area contributed by atoms with Gasteiger partial charge < -0.3 is 4.74 Å². The zero-order valence-electron chi connectivity index (χ0n) is 12.7. The molecule has 1 aliphatic rings. The second-order valence-corrected chi connectivity index (χ2v) is 7.25. The molecule has 1 aliphatic carbocycles. The maximum absolute atomic E-state index is 12.7. The summed E-state index contributed by atoms with van der Waals surface area (Å²) in [5, 5.41) is 0. The van der Waals surface area contributed by atoms with Crippen LogP contribution in [0.5, 0.6) is 5.75 Å². The summed E-state index contributed by atoms with van der Waals surface area (Å²) in [5.41, 5.74) is 3.16. The van der Waals surface area contributed by atoms with E-state index in [-0.39, 0.29) is 10.9 Å². The molecule has 22 heavy (non-hydrogen) atoms. The van der Waals surface area contributed by atoms with E-state index in [2.05, 4.69) is 10.8 Å². The molecule has 0 aromatic heterocycles. The molecule has 0 saturated carbocycles. The molecule has 0 spiro atoms. The summed E-state index contributed by atoms with van der Waals surface area (Å²) in [7, 11) is -2.15. The van der Waals surface area contributed by atoms with E-state index < -0.39 is 10.0 Å². The van der Waals surface area contributed by atoms with Gasteiger partial charge in [-0.05, 0) is 48.6 Å². The van der Waals surface area contributed by atoms with E-state index >= 15 is 0 Å². The summed E-state index contributed by atoms with van der Waals surface area (Å²) < 4.78 is 33.5. The van der Waals surface area contributed by atoms with E-state index in [4.69, 9.17) is 4.74 Å². The van der Waals surface area contributed by atoms with Gasteiger partial charge in [0.2, 0.25) is 10.0 Å². The van der Waals surface area contributed by atoms with Crippen LogP contribution in [-0.4, -0.2) is 15.5 Å². The standard InChI is InChI=1S/C17H19NO3S/c1-12-7-10-16(21-2)17(11-12)22(19,20)18-15-9-8-13-5-3-4-6-14(13)15/h3-7,10-11,15,18H,8-9H2,1-2H3/t15-/m1/s1. The smallest absolute Gasteiger partial charge is 0.244 e. The third-order valence-corrected chi connectivity index (χ3v) is 5.53. The van der Waals surface area contributed by atoms with Crippen LogP contribution < -0.4 is 9.46 Å². The van der Waals surface area contributed by atoms with Crippen LogP contribution in [0, 0.1) is 6.92 Å². The Kier molecular flexibility index (Phi) is 3.93. The normalized spacial score (nSPS) is 17.3. The molecule has 116 valence electrons. The van der Waals surface area contributed by atoms with Crippen molar-refractivity contribution in [2.24, 2.45) is 0 Å². The van der Waals surface area contributed by atoms with Gasteiger partial charge in [0.25, 0.3) is 0 Å². The molecule has 4 nitrogen and oxygen atoms in total. The lowest BCUT2D eigenvalue weighted by atomic mass is 10.1. The topological polar surface area (TPSA) is 55.4 Å². The monoisotopic (exact) mass is 317 g/mol. The summed E-state index contributed by atoms with van der Waals surface area (Å²) >= 11 is 0. The van der Waals surface area contributed by atoms with Crippen LogP contribution in [0.2, 0.25) is 0 Å². The van der Waals surface area contributed by atoms with E-state index in [0.717, 1.165) is 24.0 Å². The van der Waals surface area contributed by atoms with E-state index in [1.165, 1.54) is 12.7 Å². The fraction of sp³-hybridized carbons (Fsp3) is 0.294. The lowest BCUT2D eigenvalue weighted by Crippen LogP contribution is -2.27. The predicted octanol–water partition coefficient (Wildman–Crippen LogP) is 2.97. The number of ether oxygens (including phenoxy) is 1. The Morgan fingerprint density at radius 1 is 1.18 bits per heavy atom. The van der Waals surface area contributed by atoms with Gasteiger partial charge >= 0.3 is 0 Å². The molecule has 0 heterocycles. The third-order valence-electron chi connectivity index (χ3n) is 4.04. The van der Waals surface area contributed by atoms with Gasteiger partial charge in [0, 0.05) is 6.04 Å². The van der Waals surface area contributed by atoms with E-state index in [0.29, 0.717) is 5.75 Å². The summed E-state index contributed by atoms with van der Waals surface area (Å²) in [4.78, 5) is 0.194.